The molecule has 0 aromatic heterocycles. The Morgan fingerprint density at radius 2 is 1.67 bits per heavy atom. The summed E-state index contributed by atoms with van der Waals surface area (Å²) in [4.78, 5) is 54.5. The highest BCUT2D eigenvalue weighted by molar-refractivity contribution is 6.53. The molecule has 2 aliphatic rings. The maximum absolute atomic E-state index is 13.3. The molecule has 5 rings (SSSR count). The van der Waals surface area contributed by atoms with Crippen molar-refractivity contribution in [3.8, 4) is 0 Å². The minimum Gasteiger partial charge on any atom is -0.462 e. The van der Waals surface area contributed by atoms with Gasteiger partial charge in [-0.1, -0.05) is 54.9 Å². The lowest BCUT2D eigenvalue weighted by molar-refractivity contribution is -0.120. The Hall–Kier alpha value is -4.43. The molecule has 39 heavy (non-hydrogen) atoms. The molecule has 8 nitrogen and oxygen atoms in total. The van der Waals surface area contributed by atoms with E-state index in [1.54, 1.807) is 41.3 Å². The van der Waals surface area contributed by atoms with Gasteiger partial charge in [-0.25, -0.2) is 9.69 Å². The molecule has 1 N–H and O–H groups in total. The zero-order valence-corrected chi connectivity index (χ0v) is 22.0. The molecule has 0 bridgehead atoms. The smallest absolute Gasteiger partial charge is 0.338 e. The number of carbonyl (C=O) groups excluding carboxylic acids is 4. The van der Waals surface area contributed by atoms with E-state index in [1.807, 2.05) is 25.1 Å². The minimum absolute atomic E-state index is 0.114. The molecule has 0 unspecified atom stereocenters. The molecule has 0 spiro atoms. The van der Waals surface area contributed by atoms with E-state index in [9.17, 15) is 19.2 Å². The van der Waals surface area contributed by atoms with E-state index in [-0.39, 0.29) is 34.5 Å². The van der Waals surface area contributed by atoms with Crippen LogP contribution in [0.15, 0.2) is 83.5 Å². The molecule has 198 valence electrons. The van der Waals surface area contributed by atoms with Crippen molar-refractivity contribution in [2.75, 3.05) is 23.4 Å². The predicted molar refractivity (Wildman–Crippen MR) is 147 cm³/mol. The van der Waals surface area contributed by atoms with Crippen LogP contribution in [0.5, 0.6) is 0 Å². The molecule has 0 saturated carbocycles. The number of esters is 1. The van der Waals surface area contributed by atoms with Crippen molar-refractivity contribution < 1.29 is 23.9 Å². The summed E-state index contributed by atoms with van der Waals surface area (Å²) in [6.45, 7) is 3.28. The van der Waals surface area contributed by atoms with Crippen LogP contribution in [0.25, 0.3) is 0 Å². The van der Waals surface area contributed by atoms with Crippen molar-refractivity contribution in [1.29, 1.82) is 0 Å². The van der Waals surface area contributed by atoms with E-state index in [2.05, 4.69) is 11.4 Å². The number of fused-ring (bicyclic) bond motifs is 1. The number of amides is 3. The Morgan fingerprint density at radius 3 is 2.46 bits per heavy atom. The number of hydrogen-bond acceptors (Lipinski definition) is 6. The second kappa shape index (κ2) is 11.1. The second-order valence-electron chi connectivity index (χ2n) is 9.27. The number of nitrogens with zero attached hydrogens (tertiary/aromatic N) is 2. The van der Waals surface area contributed by atoms with Crippen LogP contribution in [-0.2, 0) is 27.3 Å². The van der Waals surface area contributed by atoms with Gasteiger partial charge in [0.25, 0.3) is 17.7 Å². The van der Waals surface area contributed by atoms with Crippen LogP contribution in [-0.4, -0.2) is 41.7 Å². The fourth-order valence-corrected chi connectivity index (χ4v) is 4.83. The first-order valence-electron chi connectivity index (χ1n) is 12.7. The maximum Gasteiger partial charge on any atom is 0.338 e. The van der Waals surface area contributed by atoms with E-state index in [4.69, 9.17) is 16.3 Å². The van der Waals surface area contributed by atoms with E-state index in [0.29, 0.717) is 30.8 Å². The molecular weight excluding hydrogens is 518 g/mol. The summed E-state index contributed by atoms with van der Waals surface area (Å²) in [6, 6.07) is 20.9. The molecule has 0 radical (unpaired) electrons. The topological polar surface area (TPSA) is 96.0 Å². The van der Waals surface area contributed by atoms with Crippen molar-refractivity contribution in [2.24, 2.45) is 0 Å². The fraction of sp³-hybridized carbons (Fsp3) is 0.200. The molecule has 3 aromatic carbocycles. The molecule has 0 fully saturated rings. The Bertz CT molecular complexity index is 1520. The summed E-state index contributed by atoms with van der Waals surface area (Å²) in [5, 5.41) is 2.63. The van der Waals surface area contributed by atoms with Crippen LogP contribution in [0.3, 0.4) is 0 Å². The van der Waals surface area contributed by atoms with Gasteiger partial charge in [0.05, 0.1) is 17.9 Å². The van der Waals surface area contributed by atoms with Gasteiger partial charge in [0.1, 0.15) is 10.7 Å². The van der Waals surface area contributed by atoms with Crippen LogP contribution >= 0.6 is 11.6 Å². The van der Waals surface area contributed by atoms with Gasteiger partial charge < -0.3 is 15.0 Å². The average molecular weight is 544 g/mol. The highest BCUT2D eigenvalue weighted by Gasteiger charge is 2.39. The van der Waals surface area contributed by atoms with Crippen LogP contribution in [0.1, 0.15) is 45.2 Å². The lowest BCUT2D eigenvalue weighted by Gasteiger charge is -2.29. The van der Waals surface area contributed by atoms with Gasteiger partial charge in [-0.15, -0.1) is 0 Å². The molecule has 0 atom stereocenters. The molecule has 3 aromatic rings. The molecule has 2 aliphatic heterocycles. The first-order valence-corrected chi connectivity index (χ1v) is 13.0. The van der Waals surface area contributed by atoms with E-state index < -0.39 is 17.8 Å². The summed E-state index contributed by atoms with van der Waals surface area (Å²) in [6.07, 6.45) is 1.45. The van der Waals surface area contributed by atoms with Crippen molar-refractivity contribution in [1.82, 2.24) is 4.90 Å². The third-order valence-corrected chi connectivity index (χ3v) is 6.95. The van der Waals surface area contributed by atoms with Crippen LogP contribution < -0.4 is 10.2 Å². The standard InChI is InChI=1S/C30H26ClN3O5/c1-2-15-39-30(38)21-10-6-12-24(17-21)34-28(36)25(31)26(29(34)37)32-23-11-5-9-20(16-23)27(35)33-14-13-19-7-3-4-8-22(19)18-33/h3-12,16-17,32H,2,13-15,18H2,1H3. The number of ether oxygens (including phenoxy) is 1. The van der Waals surface area contributed by atoms with Crippen molar-refractivity contribution in [3.05, 3.63) is 106 Å². The maximum atomic E-state index is 13.3. The number of nitrogens with one attached hydrogen (secondary N) is 1. The number of benzene rings is 3. The molecule has 0 aliphatic carbocycles. The van der Waals surface area contributed by atoms with Gasteiger partial charge in [-0.3, -0.25) is 14.4 Å². The SMILES string of the molecule is CCCOC(=O)c1cccc(N2C(=O)C(Cl)=C(Nc3cccc(C(=O)N4CCc5ccccc5C4)c3)C2=O)c1. The third-order valence-electron chi connectivity index (χ3n) is 6.60. The number of halogens is 1. The molecule has 0 saturated heterocycles. The van der Waals surface area contributed by atoms with E-state index in [1.165, 1.54) is 17.7 Å². The monoisotopic (exact) mass is 543 g/mol. The highest BCUT2D eigenvalue weighted by Crippen LogP contribution is 2.31. The Kier molecular flexibility index (Phi) is 7.47. The lowest BCUT2D eigenvalue weighted by Crippen LogP contribution is -2.36. The van der Waals surface area contributed by atoms with Gasteiger partial charge in [0.15, 0.2) is 0 Å². The van der Waals surface area contributed by atoms with E-state index >= 15 is 0 Å². The fourth-order valence-electron chi connectivity index (χ4n) is 4.62. The number of anilines is 2. The van der Waals surface area contributed by atoms with Crippen molar-refractivity contribution in [2.45, 2.75) is 26.3 Å². The Balaban J connectivity index is 1.32. The second-order valence-corrected chi connectivity index (χ2v) is 9.65. The predicted octanol–water partition coefficient (Wildman–Crippen LogP) is 4.89. The molecule has 3 amide bonds. The van der Waals surface area contributed by atoms with Gasteiger partial charge in [0, 0.05) is 24.3 Å². The normalized spacial score (nSPS) is 14.9. The Morgan fingerprint density at radius 1 is 0.923 bits per heavy atom. The van der Waals surface area contributed by atoms with Crippen LogP contribution in [0.2, 0.25) is 0 Å². The number of carbonyl (C=O) groups is 4. The highest BCUT2D eigenvalue weighted by atomic mass is 35.5. The third kappa shape index (κ3) is 5.28. The quantitative estimate of drug-likeness (QED) is 0.337. The first kappa shape index (κ1) is 26.2. The molecule has 2 heterocycles. The summed E-state index contributed by atoms with van der Waals surface area (Å²) in [5.74, 6) is -2.07. The van der Waals surface area contributed by atoms with Gasteiger partial charge >= 0.3 is 5.97 Å². The number of hydrogen-bond donors (Lipinski definition) is 1. The summed E-state index contributed by atoms with van der Waals surface area (Å²) in [7, 11) is 0. The summed E-state index contributed by atoms with van der Waals surface area (Å²) < 4.78 is 5.15. The summed E-state index contributed by atoms with van der Waals surface area (Å²) in [5.41, 5.74) is 3.55. The van der Waals surface area contributed by atoms with Crippen molar-refractivity contribution >= 4 is 46.7 Å². The van der Waals surface area contributed by atoms with Crippen molar-refractivity contribution in [3.63, 3.8) is 0 Å². The molecular formula is C30H26ClN3O5. The zero-order chi connectivity index (χ0) is 27.5. The van der Waals surface area contributed by atoms with Gasteiger partial charge in [0.2, 0.25) is 0 Å². The van der Waals surface area contributed by atoms with Gasteiger partial charge in [-0.2, -0.15) is 0 Å². The average Bonchev–Trinajstić information content (AvgIpc) is 3.18. The number of imide groups is 1. The van der Waals surface area contributed by atoms with E-state index in [0.717, 1.165) is 16.9 Å². The van der Waals surface area contributed by atoms with Gasteiger partial charge in [-0.05, 0) is 60.4 Å². The zero-order valence-electron chi connectivity index (χ0n) is 21.3. The minimum atomic E-state index is -0.720. The molecule has 9 heteroatoms. The largest absolute Gasteiger partial charge is 0.462 e. The number of rotatable bonds is 7. The first-order chi connectivity index (χ1) is 18.9. The van der Waals surface area contributed by atoms with Crippen LogP contribution in [0.4, 0.5) is 11.4 Å². The Labute approximate surface area is 230 Å². The van der Waals surface area contributed by atoms with Crippen LogP contribution in [0, 0.1) is 0 Å². The lowest BCUT2D eigenvalue weighted by atomic mass is 9.99. The summed E-state index contributed by atoms with van der Waals surface area (Å²) >= 11 is 6.30.